The van der Waals surface area contributed by atoms with Crippen LogP contribution in [0.3, 0.4) is 0 Å². The molecular formula is C15H22BrN3. The second-order valence-corrected chi connectivity index (χ2v) is 6.02. The van der Waals surface area contributed by atoms with E-state index >= 15 is 0 Å². The van der Waals surface area contributed by atoms with Gasteiger partial charge in [-0.1, -0.05) is 41.9 Å². The molecule has 0 heterocycles. The van der Waals surface area contributed by atoms with Crippen LogP contribution >= 0.6 is 15.9 Å². The fourth-order valence-corrected chi connectivity index (χ4v) is 2.66. The van der Waals surface area contributed by atoms with Crippen molar-refractivity contribution in [2.75, 3.05) is 19.6 Å². The van der Waals surface area contributed by atoms with Crippen molar-refractivity contribution in [2.24, 2.45) is 11.7 Å². The molecule has 0 amide bonds. The Bertz CT molecular complexity index is 426. The summed E-state index contributed by atoms with van der Waals surface area (Å²) in [6.07, 6.45) is 0.539. The molecule has 0 aliphatic carbocycles. The Labute approximate surface area is 124 Å². The van der Waals surface area contributed by atoms with Gasteiger partial charge in [-0.25, -0.2) is 0 Å². The Kier molecular flexibility index (Phi) is 7.07. The van der Waals surface area contributed by atoms with Gasteiger partial charge in [0.2, 0.25) is 0 Å². The van der Waals surface area contributed by atoms with Crippen LogP contribution in [0.4, 0.5) is 0 Å². The van der Waals surface area contributed by atoms with Gasteiger partial charge in [0.05, 0.1) is 6.07 Å². The van der Waals surface area contributed by atoms with Crippen molar-refractivity contribution >= 4 is 15.9 Å². The minimum atomic E-state index is 0.174. The molecule has 0 spiro atoms. The molecule has 1 atom stereocenters. The van der Waals surface area contributed by atoms with Gasteiger partial charge in [0.15, 0.2) is 0 Å². The highest BCUT2D eigenvalue weighted by atomic mass is 79.9. The van der Waals surface area contributed by atoms with E-state index in [4.69, 9.17) is 11.0 Å². The molecule has 1 rings (SSSR count). The van der Waals surface area contributed by atoms with Gasteiger partial charge in [-0.15, -0.1) is 0 Å². The third-order valence-corrected chi connectivity index (χ3v) is 3.50. The Balaban J connectivity index is 2.91. The highest BCUT2D eigenvalue weighted by Crippen LogP contribution is 2.24. The fraction of sp³-hybridized carbons (Fsp3) is 0.533. The molecule has 2 N–H and O–H groups in total. The van der Waals surface area contributed by atoms with Gasteiger partial charge >= 0.3 is 0 Å². The van der Waals surface area contributed by atoms with Crippen molar-refractivity contribution in [3.8, 4) is 6.07 Å². The summed E-state index contributed by atoms with van der Waals surface area (Å²) < 4.78 is 1.06. The molecule has 1 aromatic carbocycles. The zero-order valence-corrected chi connectivity index (χ0v) is 13.2. The molecule has 0 aromatic heterocycles. The zero-order valence-electron chi connectivity index (χ0n) is 11.6. The van der Waals surface area contributed by atoms with E-state index in [9.17, 15) is 0 Å². The topological polar surface area (TPSA) is 53.0 Å². The summed E-state index contributed by atoms with van der Waals surface area (Å²) in [6, 6.07) is 10.6. The lowest BCUT2D eigenvalue weighted by Gasteiger charge is -2.32. The van der Waals surface area contributed by atoms with Gasteiger partial charge in [-0.05, 0) is 23.6 Å². The van der Waals surface area contributed by atoms with Crippen molar-refractivity contribution in [2.45, 2.75) is 26.3 Å². The van der Waals surface area contributed by atoms with Crippen LogP contribution < -0.4 is 5.73 Å². The average Bonchev–Trinajstić information content (AvgIpc) is 2.36. The first-order valence-corrected chi connectivity index (χ1v) is 7.44. The molecule has 0 saturated carbocycles. The van der Waals surface area contributed by atoms with Gasteiger partial charge in [0, 0.05) is 36.6 Å². The Morgan fingerprint density at radius 3 is 2.68 bits per heavy atom. The summed E-state index contributed by atoms with van der Waals surface area (Å²) >= 11 is 3.50. The summed E-state index contributed by atoms with van der Waals surface area (Å²) in [7, 11) is 0. The lowest BCUT2D eigenvalue weighted by Crippen LogP contribution is -2.37. The van der Waals surface area contributed by atoms with E-state index in [2.05, 4.69) is 52.9 Å². The molecule has 19 heavy (non-hydrogen) atoms. The van der Waals surface area contributed by atoms with Crippen LogP contribution in [0.5, 0.6) is 0 Å². The summed E-state index contributed by atoms with van der Waals surface area (Å²) in [5, 5.41) is 8.80. The number of nitrogens with zero attached hydrogens (tertiary/aromatic N) is 2. The number of benzene rings is 1. The highest BCUT2D eigenvalue weighted by molar-refractivity contribution is 9.10. The quantitative estimate of drug-likeness (QED) is 0.837. The van der Waals surface area contributed by atoms with E-state index in [1.165, 1.54) is 5.56 Å². The first-order valence-electron chi connectivity index (χ1n) is 6.65. The van der Waals surface area contributed by atoms with Crippen molar-refractivity contribution < 1.29 is 0 Å². The second-order valence-electron chi connectivity index (χ2n) is 5.10. The number of hydrogen-bond donors (Lipinski definition) is 1. The van der Waals surface area contributed by atoms with Crippen molar-refractivity contribution in [1.82, 2.24) is 4.90 Å². The van der Waals surface area contributed by atoms with Gasteiger partial charge in [-0.3, -0.25) is 4.90 Å². The Morgan fingerprint density at radius 2 is 2.16 bits per heavy atom. The molecule has 0 saturated heterocycles. The van der Waals surface area contributed by atoms with E-state index in [0.717, 1.165) is 17.6 Å². The predicted octanol–water partition coefficient (Wildman–Crippen LogP) is 3.32. The Morgan fingerprint density at radius 1 is 1.42 bits per heavy atom. The molecule has 104 valence electrons. The lowest BCUT2D eigenvalue weighted by atomic mass is 10.0. The van der Waals surface area contributed by atoms with Crippen molar-refractivity contribution in [3.05, 3.63) is 34.3 Å². The molecule has 3 nitrogen and oxygen atoms in total. The van der Waals surface area contributed by atoms with Crippen LogP contribution in [0.15, 0.2) is 28.7 Å². The third kappa shape index (κ3) is 5.32. The fourth-order valence-electron chi connectivity index (χ4n) is 2.25. The third-order valence-electron chi connectivity index (χ3n) is 3.01. The van der Waals surface area contributed by atoms with Crippen LogP contribution in [0.25, 0.3) is 0 Å². The molecule has 4 heteroatoms. The first-order chi connectivity index (χ1) is 9.08. The van der Waals surface area contributed by atoms with E-state index in [-0.39, 0.29) is 6.04 Å². The van der Waals surface area contributed by atoms with E-state index in [1.54, 1.807) is 0 Å². The van der Waals surface area contributed by atoms with Crippen molar-refractivity contribution in [3.63, 3.8) is 0 Å². The van der Waals surface area contributed by atoms with Gasteiger partial charge in [0.25, 0.3) is 0 Å². The minimum Gasteiger partial charge on any atom is -0.329 e. The summed E-state index contributed by atoms with van der Waals surface area (Å²) in [5.41, 5.74) is 7.17. The molecular weight excluding hydrogens is 302 g/mol. The number of halogens is 1. The van der Waals surface area contributed by atoms with Gasteiger partial charge in [0.1, 0.15) is 0 Å². The molecule has 0 aliphatic rings. The summed E-state index contributed by atoms with van der Waals surface area (Å²) in [4.78, 5) is 2.32. The Hall–Kier alpha value is -0.890. The number of hydrogen-bond acceptors (Lipinski definition) is 3. The molecule has 1 unspecified atom stereocenters. The molecule has 0 bridgehead atoms. The van der Waals surface area contributed by atoms with Crippen LogP contribution in [0.2, 0.25) is 0 Å². The molecule has 0 aliphatic heterocycles. The van der Waals surface area contributed by atoms with Gasteiger partial charge in [-0.2, -0.15) is 5.26 Å². The predicted molar refractivity (Wildman–Crippen MR) is 82.6 cm³/mol. The van der Waals surface area contributed by atoms with Crippen molar-refractivity contribution in [1.29, 1.82) is 5.26 Å². The lowest BCUT2D eigenvalue weighted by molar-refractivity contribution is 0.183. The standard InChI is InChI=1S/C15H22BrN3/c1-12(2)11-19(8-4-7-17)15(10-18)13-5-3-6-14(16)9-13/h3,5-6,9,12,15H,4,8,10-11,18H2,1-2H3. The SMILES string of the molecule is CC(C)CN(CCC#N)C(CN)c1cccc(Br)c1. The normalized spacial score (nSPS) is 12.7. The minimum absolute atomic E-state index is 0.174. The van der Waals surface area contributed by atoms with Crippen LogP contribution in [0, 0.1) is 17.2 Å². The van der Waals surface area contributed by atoms with Crippen LogP contribution in [-0.2, 0) is 0 Å². The molecule has 1 aromatic rings. The maximum absolute atomic E-state index is 8.80. The molecule has 0 radical (unpaired) electrons. The van der Waals surface area contributed by atoms with E-state index in [0.29, 0.717) is 18.9 Å². The second kappa shape index (κ2) is 8.31. The first kappa shape index (κ1) is 16.2. The highest BCUT2D eigenvalue weighted by Gasteiger charge is 2.19. The van der Waals surface area contributed by atoms with E-state index < -0.39 is 0 Å². The number of nitrogens with two attached hydrogens (primary N) is 1. The maximum Gasteiger partial charge on any atom is 0.0635 e. The average molecular weight is 324 g/mol. The van der Waals surface area contributed by atoms with Crippen LogP contribution in [0.1, 0.15) is 31.9 Å². The van der Waals surface area contributed by atoms with Gasteiger partial charge < -0.3 is 5.73 Å². The number of rotatable bonds is 7. The monoisotopic (exact) mass is 323 g/mol. The smallest absolute Gasteiger partial charge is 0.0635 e. The zero-order chi connectivity index (χ0) is 14.3. The summed E-state index contributed by atoms with van der Waals surface area (Å²) in [5.74, 6) is 0.555. The number of nitriles is 1. The van der Waals surface area contributed by atoms with E-state index in [1.807, 2.05) is 12.1 Å². The van der Waals surface area contributed by atoms with Crippen LogP contribution in [-0.4, -0.2) is 24.5 Å². The molecule has 0 fully saturated rings. The largest absolute Gasteiger partial charge is 0.329 e. The summed E-state index contributed by atoms with van der Waals surface area (Å²) in [6.45, 7) is 6.66. The maximum atomic E-state index is 8.80.